The van der Waals surface area contributed by atoms with Gasteiger partial charge in [-0.25, -0.2) is 4.39 Å². The van der Waals surface area contributed by atoms with E-state index in [4.69, 9.17) is 9.47 Å². The molecule has 0 aromatic heterocycles. The van der Waals surface area contributed by atoms with Gasteiger partial charge in [0.15, 0.2) is 5.78 Å². The Morgan fingerprint density at radius 3 is 2.64 bits per heavy atom. The van der Waals surface area contributed by atoms with Gasteiger partial charge in [-0.3, -0.25) is 4.79 Å². The van der Waals surface area contributed by atoms with Crippen LogP contribution >= 0.6 is 0 Å². The van der Waals surface area contributed by atoms with E-state index < -0.39 is 34.5 Å². The van der Waals surface area contributed by atoms with Crippen LogP contribution in [0.3, 0.4) is 0 Å². The minimum atomic E-state index is -1.30. The number of halogens is 1. The van der Waals surface area contributed by atoms with Crippen LogP contribution in [0.4, 0.5) is 4.39 Å². The second-order valence-corrected chi connectivity index (χ2v) is 11.2. The summed E-state index contributed by atoms with van der Waals surface area (Å²) in [7, 11) is 0. The SMILES string of the molecule is C[C@]12C=CC(=O)C=C1C(F)C[C@@H]1[C@@H]2C(O)C[C@@]2(C)[C@H]1CC[C@]2(O)C1(Oc2ccccc2)CO1. The Bertz CT molecular complexity index is 1050. The van der Waals surface area contributed by atoms with E-state index in [1.807, 2.05) is 44.2 Å². The minimum Gasteiger partial charge on any atom is -0.457 e. The van der Waals surface area contributed by atoms with E-state index in [0.29, 0.717) is 30.6 Å². The highest BCUT2D eigenvalue weighted by Gasteiger charge is 2.77. The summed E-state index contributed by atoms with van der Waals surface area (Å²) < 4.78 is 27.6. The second kappa shape index (κ2) is 6.77. The quantitative estimate of drug-likeness (QED) is 0.680. The van der Waals surface area contributed by atoms with E-state index in [1.165, 1.54) is 12.2 Å². The van der Waals surface area contributed by atoms with E-state index in [1.54, 1.807) is 6.08 Å². The molecule has 3 unspecified atom stereocenters. The number of ether oxygens (including phenoxy) is 2. The van der Waals surface area contributed by atoms with Crippen LogP contribution in [0, 0.1) is 28.6 Å². The first-order chi connectivity index (χ1) is 15.6. The van der Waals surface area contributed by atoms with Gasteiger partial charge in [0.1, 0.15) is 24.1 Å². The first-order valence-electron chi connectivity index (χ1n) is 12.0. The van der Waals surface area contributed by atoms with Gasteiger partial charge >= 0.3 is 0 Å². The van der Waals surface area contributed by atoms with Gasteiger partial charge in [0.25, 0.3) is 5.79 Å². The van der Waals surface area contributed by atoms with Crippen molar-refractivity contribution in [2.45, 2.75) is 63.2 Å². The number of aliphatic hydroxyl groups excluding tert-OH is 1. The Labute approximate surface area is 193 Å². The zero-order valence-electron chi connectivity index (χ0n) is 19.0. The molecule has 3 saturated carbocycles. The maximum Gasteiger partial charge on any atom is 0.264 e. The van der Waals surface area contributed by atoms with Crippen molar-refractivity contribution in [2.24, 2.45) is 28.6 Å². The normalized spacial score (nSPS) is 50.2. The van der Waals surface area contributed by atoms with Crippen LogP contribution in [-0.2, 0) is 9.53 Å². The Balaban J connectivity index is 1.37. The summed E-state index contributed by atoms with van der Waals surface area (Å²) in [4.78, 5) is 12.0. The molecule has 1 heterocycles. The van der Waals surface area contributed by atoms with E-state index in [9.17, 15) is 15.0 Å². The Morgan fingerprint density at radius 2 is 1.94 bits per heavy atom. The van der Waals surface area contributed by atoms with Crippen molar-refractivity contribution in [3.05, 3.63) is 54.1 Å². The minimum absolute atomic E-state index is 0.0130. The van der Waals surface area contributed by atoms with Gasteiger partial charge in [0.2, 0.25) is 0 Å². The van der Waals surface area contributed by atoms with Crippen molar-refractivity contribution < 1.29 is 28.9 Å². The smallest absolute Gasteiger partial charge is 0.264 e. The molecule has 0 spiro atoms. The number of para-hydroxylation sites is 1. The predicted octanol–water partition coefficient (Wildman–Crippen LogP) is 3.75. The number of ketones is 1. The summed E-state index contributed by atoms with van der Waals surface area (Å²) in [5.74, 6) is -1.02. The molecular formula is C27H31FO5. The number of rotatable bonds is 3. The monoisotopic (exact) mass is 454 g/mol. The molecule has 0 amide bonds. The van der Waals surface area contributed by atoms with E-state index in [0.717, 1.165) is 0 Å². The number of alkyl halides is 1. The molecule has 1 saturated heterocycles. The van der Waals surface area contributed by atoms with Crippen molar-refractivity contribution in [3.8, 4) is 5.75 Å². The highest BCUT2D eigenvalue weighted by Crippen LogP contribution is 2.70. The molecule has 0 bridgehead atoms. The third-order valence-corrected chi connectivity index (χ3v) is 9.69. The van der Waals surface area contributed by atoms with E-state index in [2.05, 4.69) is 0 Å². The number of aliphatic hydroxyl groups is 2. The molecule has 4 fully saturated rings. The standard InChI is InChI=1S/C27H31FO5/c1-24-10-8-16(29)12-20(24)21(28)13-18-19-9-11-26(31,25(19,2)14-22(30)23(18)24)27(15-32-27)33-17-6-4-3-5-7-17/h3-8,10,12,18-19,21-23,30-31H,9,11,13-15H2,1-2H3/t18-,19-,21?,22?,23+,24-,25-,26+,27?/m0/s1. The lowest BCUT2D eigenvalue weighted by Crippen LogP contribution is -2.65. The number of fused-ring (bicyclic) bond motifs is 5. The number of carbonyl (C=O) groups is 1. The highest BCUT2D eigenvalue weighted by atomic mass is 19.1. The van der Waals surface area contributed by atoms with Gasteiger partial charge in [-0.1, -0.05) is 38.1 Å². The van der Waals surface area contributed by atoms with E-state index in [-0.39, 0.29) is 36.6 Å². The fraction of sp³-hybridized carbons (Fsp3) is 0.593. The molecule has 5 nitrogen and oxygen atoms in total. The summed E-state index contributed by atoms with van der Waals surface area (Å²) in [6.45, 7) is 4.25. The number of hydrogen-bond acceptors (Lipinski definition) is 5. The molecule has 1 aromatic carbocycles. The number of benzene rings is 1. The van der Waals surface area contributed by atoms with Crippen LogP contribution in [0.1, 0.15) is 39.5 Å². The summed E-state index contributed by atoms with van der Waals surface area (Å²) >= 11 is 0. The van der Waals surface area contributed by atoms with Crippen molar-refractivity contribution in [3.63, 3.8) is 0 Å². The summed E-state index contributed by atoms with van der Waals surface area (Å²) in [6.07, 6.45) is 4.57. The topological polar surface area (TPSA) is 79.3 Å². The first kappa shape index (κ1) is 21.5. The van der Waals surface area contributed by atoms with Crippen LogP contribution in [0.2, 0.25) is 0 Å². The van der Waals surface area contributed by atoms with Crippen molar-refractivity contribution in [1.29, 1.82) is 0 Å². The molecule has 2 N–H and O–H groups in total. The Kier molecular flexibility index (Phi) is 4.41. The molecular weight excluding hydrogens is 423 g/mol. The lowest BCUT2D eigenvalue weighted by atomic mass is 9.45. The maximum absolute atomic E-state index is 15.5. The van der Waals surface area contributed by atoms with Crippen molar-refractivity contribution in [2.75, 3.05) is 6.61 Å². The lowest BCUT2D eigenvalue weighted by Gasteiger charge is -2.60. The number of carbonyl (C=O) groups excluding carboxylic acids is 1. The number of hydrogen-bond donors (Lipinski definition) is 2. The van der Waals surface area contributed by atoms with Crippen LogP contribution in [0.5, 0.6) is 5.75 Å². The highest BCUT2D eigenvalue weighted by molar-refractivity contribution is 6.01. The molecule has 176 valence electrons. The van der Waals surface area contributed by atoms with Gasteiger partial charge in [0.05, 0.1) is 6.10 Å². The zero-order chi connectivity index (χ0) is 23.2. The average molecular weight is 455 g/mol. The fourth-order valence-electron chi connectivity index (χ4n) is 8.09. The molecule has 33 heavy (non-hydrogen) atoms. The second-order valence-electron chi connectivity index (χ2n) is 11.2. The van der Waals surface area contributed by atoms with Crippen LogP contribution < -0.4 is 4.74 Å². The molecule has 4 aliphatic carbocycles. The molecule has 1 aliphatic heterocycles. The Morgan fingerprint density at radius 1 is 1.21 bits per heavy atom. The lowest BCUT2D eigenvalue weighted by molar-refractivity contribution is -0.225. The molecule has 0 radical (unpaired) electrons. The number of epoxide rings is 1. The maximum atomic E-state index is 15.5. The third-order valence-electron chi connectivity index (χ3n) is 9.69. The van der Waals surface area contributed by atoms with Gasteiger partial charge in [-0.15, -0.1) is 0 Å². The summed E-state index contributed by atoms with van der Waals surface area (Å²) in [5, 5.41) is 23.7. The molecule has 5 aliphatic rings. The Hall–Kier alpha value is -2.02. The number of allylic oxidation sites excluding steroid dienone is 4. The van der Waals surface area contributed by atoms with Gasteiger partial charge in [0, 0.05) is 16.7 Å². The van der Waals surface area contributed by atoms with Crippen LogP contribution in [-0.4, -0.2) is 46.3 Å². The summed E-state index contributed by atoms with van der Waals surface area (Å²) in [5.41, 5.74) is -2.20. The molecule has 6 heteroatoms. The molecule has 6 rings (SSSR count). The van der Waals surface area contributed by atoms with Crippen molar-refractivity contribution >= 4 is 5.78 Å². The van der Waals surface area contributed by atoms with Gasteiger partial charge in [-0.05, 0) is 67.4 Å². The van der Waals surface area contributed by atoms with E-state index >= 15 is 4.39 Å². The van der Waals surface area contributed by atoms with Gasteiger partial charge < -0.3 is 19.7 Å². The van der Waals surface area contributed by atoms with Crippen molar-refractivity contribution in [1.82, 2.24) is 0 Å². The zero-order valence-corrected chi connectivity index (χ0v) is 19.0. The van der Waals surface area contributed by atoms with Crippen LogP contribution in [0.15, 0.2) is 54.1 Å². The first-order valence-corrected chi connectivity index (χ1v) is 12.0. The molecule has 9 atom stereocenters. The summed E-state index contributed by atoms with van der Waals surface area (Å²) in [6, 6.07) is 9.34. The fourth-order valence-corrected chi connectivity index (χ4v) is 8.09. The largest absolute Gasteiger partial charge is 0.457 e. The van der Waals surface area contributed by atoms with Gasteiger partial charge in [-0.2, -0.15) is 0 Å². The predicted molar refractivity (Wildman–Crippen MR) is 119 cm³/mol. The third kappa shape index (κ3) is 2.71. The van der Waals surface area contributed by atoms with Crippen LogP contribution in [0.25, 0.3) is 0 Å². The molecule has 1 aromatic rings. The average Bonchev–Trinajstić information content (AvgIpc) is 3.50.